The molecule has 1 amide bonds. The number of amides is 1. The summed E-state index contributed by atoms with van der Waals surface area (Å²) in [5.74, 6) is -3.51. The molecule has 27 heavy (non-hydrogen) atoms. The van der Waals surface area contributed by atoms with Crippen molar-refractivity contribution in [3.05, 3.63) is 47.8 Å². The first-order valence-electron chi connectivity index (χ1n) is 8.00. The first kappa shape index (κ1) is 18.7. The topological polar surface area (TPSA) is 84.7 Å². The maximum absolute atomic E-state index is 13.7. The summed E-state index contributed by atoms with van der Waals surface area (Å²) < 4.78 is 47.4. The molecular weight excluding hydrogens is 367 g/mol. The van der Waals surface area contributed by atoms with Crippen molar-refractivity contribution in [2.45, 2.75) is 25.2 Å². The molecule has 0 saturated carbocycles. The average molecular weight is 383 g/mol. The number of carbonyl (C=O) groups is 2. The van der Waals surface area contributed by atoms with E-state index in [9.17, 15) is 27.9 Å². The van der Waals surface area contributed by atoms with Crippen molar-refractivity contribution < 1.29 is 32.6 Å². The third kappa shape index (κ3) is 3.60. The van der Waals surface area contributed by atoms with Crippen LogP contribution in [-0.2, 0) is 29.6 Å². The highest BCUT2D eigenvalue weighted by Crippen LogP contribution is 2.41. The minimum Gasteiger partial charge on any atom is -0.481 e. The molecule has 144 valence electrons. The molecule has 0 bridgehead atoms. The number of halogens is 3. The Bertz CT molecular complexity index is 851. The lowest BCUT2D eigenvalue weighted by molar-refractivity contribution is -0.174. The minimum absolute atomic E-state index is 0.101. The summed E-state index contributed by atoms with van der Waals surface area (Å²) in [6.07, 6.45) is -5.52. The normalized spacial score (nSPS) is 19.5. The Morgan fingerprint density at radius 3 is 2.56 bits per heavy atom. The Hall–Kier alpha value is -3.04. The summed E-state index contributed by atoms with van der Waals surface area (Å²) in [4.78, 5) is 24.4. The number of aromatic nitrogens is 2. The van der Waals surface area contributed by atoms with E-state index in [-0.39, 0.29) is 18.0 Å². The van der Waals surface area contributed by atoms with Crippen LogP contribution >= 0.6 is 0 Å². The van der Waals surface area contributed by atoms with E-state index in [0.29, 0.717) is 10.5 Å². The Morgan fingerprint density at radius 1 is 1.30 bits per heavy atom. The van der Waals surface area contributed by atoms with Crippen LogP contribution in [0, 0.1) is 5.92 Å². The van der Waals surface area contributed by atoms with Crippen molar-refractivity contribution >= 4 is 17.7 Å². The zero-order chi connectivity index (χ0) is 19.8. The van der Waals surface area contributed by atoms with E-state index in [1.165, 1.54) is 11.7 Å². The highest BCUT2D eigenvalue weighted by Gasteiger charge is 2.57. The number of aliphatic carboxylic acids is 1. The van der Waals surface area contributed by atoms with Crippen molar-refractivity contribution in [2.24, 2.45) is 13.0 Å². The lowest BCUT2D eigenvalue weighted by Crippen LogP contribution is -2.58. The van der Waals surface area contributed by atoms with Gasteiger partial charge in [-0.2, -0.15) is 18.3 Å². The molecule has 0 saturated heterocycles. The van der Waals surface area contributed by atoms with Gasteiger partial charge in [-0.05, 0) is 5.56 Å². The predicted molar refractivity (Wildman–Crippen MR) is 87.0 cm³/mol. The van der Waals surface area contributed by atoms with Crippen LogP contribution in [0.4, 0.5) is 23.7 Å². The third-order valence-corrected chi connectivity index (χ3v) is 4.43. The number of alkyl halides is 3. The van der Waals surface area contributed by atoms with E-state index in [0.717, 1.165) is 6.20 Å². The monoisotopic (exact) mass is 383 g/mol. The number of carbonyl (C=O) groups excluding carboxylic acids is 1. The summed E-state index contributed by atoms with van der Waals surface area (Å²) in [5, 5.41) is 13.2. The molecule has 1 aromatic carbocycles. The quantitative estimate of drug-likeness (QED) is 0.881. The van der Waals surface area contributed by atoms with Gasteiger partial charge in [-0.25, -0.2) is 4.79 Å². The molecule has 1 aliphatic heterocycles. The van der Waals surface area contributed by atoms with E-state index >= 15 is 0 Å². The maximum Gasteiger partial charge on any atom is 0.415 e. The molecule has 1 aromatic heterocycles. The van der Waals surface area contributed by atoms with E-state index in [4.69, 9.17) is 4.74 Å². The SMILES string of the molecule is Cn1ncc2c1C[C@H](C(=O)O)[C@@H](C(F)(F)F)N2C(=O)OCc1ccccc1. The molecule has 0 aliphatic carbocycles. The van der Waals surface area contributed by atoms with E-state index in [2.05, 4.69) is 5.10 Å². The van der Waals surface area contributed by atoms with Gasteiger partial charge in [0.15, 0.2) is 0 Å². The molecule has 1 N–H and O–H groups in total. The lowest BCUT2D eigenvalue weighted by atomic mass is 9.88. The summed E-state index contributed by atoms with van der Waals surface area (Å²) in [5.41, 5.74) is 0.711. The number of hydrogen-bond acceptors (Lipinski definition) is 4. The standard InChI is InChI=1S/C17H16F3N3O4/c1-22-12-7-11(15(24)25)14(17(18,19)20)23(13(12)8-21-22)16(26)27-9-10-5-3-2-4-6-10/h2-6,8,11,14H,7,9H2,1H3,(H,24,25)/t11-,14-/m0/s1. The van der Waals surface area contributed by atoms with Gasteiger partial charge in [0.25, 0.3) is 0 Å². The second-order valence-corrected chi connectivity index (χ2v) is 6.15. The van der Waals surface area contributed by atoms with Crippen molar-refractivity contribution in [1.29, 1.82) is 0 Å². The highest BCUT2D eigenvalue weighted by molar-refractivity contribution is 5.92. The van der Waals surface area contributed by atoms with Gasteiger partial charge in [-0.3, -0.25) is 14.4 Å². The number of fused-ring (bicyclic) bond motifs is 1. The Labute approximate surface area is 151 Å². The van der Waals surface area contributed by atoms with Crippen LogP contribution in [0.25, 0.3) is 0 Å². The van der Waals surface area contributed by atoms with Crippen LogP contribution in [0.2, 0.25) is 0 Å². The molecule has 2 heterocycles. The van der Waals surface area contributed by atoms with Gasteiger partial charge in [0.2, 0.25) is 0 Å². The second kappa shape index (κ2) is 6.93. The van der Waals surface area contributed by atoms with Gasteiger partial charge in [0.1, 0.15) is 12.6 Å². The second-order valence-electron chi connectivity index (χ2n) is 6.15. The molecule has 3 rings (SSSR count). The smallest absolute Gasteiger partial charge is 0.415 e. The van der Waals surface area contributed by atoms with E-state index in [1.54, 1.807) is 30.3 Å². The summed E-state index contributed by atoms with van der Waals surface area (Å²) >= 11 is 0. The van der Waals surface area contributed by atoms with Crippen molar-refractivity contribution in [1.82, 2.24) is 9.78 Å². The first-order valence-corrected chi connectivity index (χ1v) is 8.00. The summed E-state index contributed by atoms with van der Waals surface area (Å²) in [6.45, 7) is -0.242. The Balaban J connectivity index is 1.97. The van der Waals surface area contributed by atoms with Crippen LogP contribution in [0.5, 0.6) is 0 Å². The van der Waals surface area contributed by atoms with Gasteiger partial charge in [-0.1, -0.05) is 30.3 Å². The third-order valence-electron chi connectivity index (χ3n) is 4.43. The summed E-state index contributed by atoms with van der Waals surface area (Å²) in [6, 6.07) is 5.90. The van der Waals surface area contributed by atoms with Crippen molar-refractivity contribution in [3.63, 3.8) is 0 Å². The molecule has 0 unspecified atom stereocenters. The Morgan fingerprint density at radius 2 is 1.96 bits per heavy atom. The number of ether oxygens (including phenoxy) is 1. The van der Waals surface area contributed by atoms with Crippen LogP contribution in [-0.4, -0.2) is 39.2 Å². The fourth-order valence-corrected chi connectivity index (χ4v) is 3.14. The van der Waals surface area contributed by atoms with Gasteiger partial charge < -0.3 is 9.84 Å². The fourth-order valence-electron chi connectivity index (χ4n) is 3.14. The molecule has 0 fully saturated rings. The zero-order valence-corrected chi connectivity index (χ0v) is 14.2. The lowest BCUT2D eigenvalue weighted by Gasteiger charge is -2.39. The molecule has 0 radical (unpaired) electrons. The minimum atomic E-state index is -4.96. The average Bonchev–Trinajstić information content (AvgIpc) is 2.99. The number of hydrogen-bond donors (Lipinski definition) is 1. The first-order chi connectivity index (χ1) is 12.7. The van der Waals surface area contributed by atoms with Crippen LogP contribution < -0.4 is 4.90 Å². The number of nitrogens with zero attached hydrogens (tertiary/aromatic N) is 3. The number of rotatable bonds is 3. The van der Waals surface area contributed by atoms with E-state index in [1.807, 2.05) is 0 Å². The molecular formula is C17H16F3N3O4. The van der Waals surface area contributed by atoms with Gasteiger partial charge >= 0.3 is 18.2 Å². The molecule has 7 nitrogen and oxygen atoms in total. The van der Waals surface area contributed by atoms with Gasteiger partial charge in [-0.15, -0.1) is 0 Å². The highest BCUT2D eigenvalue weighted by atomic mass is 19.4. The van der Waals surface area contributed by atoms with Gasteiger partial charge in [0.05, 0.1) is 23.5 Å². The van der Waals surface area contributed by atoms with Crippen molar-refractivity contribution in [2.75, 3.05) is 4.90 Å². The number of carboxylic acid groups (broad SMARTS) is 1. The zero-order valence-electron chi connectivity index (χ0n) is 14.2. The molecule has 0 spiro atoms. The van der Waals surface area contributed by atoms with Crippen LogP contribution in [0.15, 0.2) is 36.5 Å². The predicted octanol–water partition coefficient (Wildman–Crippen LogP) is 2.75. The van der Waals surface area contributed by atoms with Gasteiger partial charge in [0, 0.05) is 13.5 Å². The van der Waals surface area contributed by atoms with Crippen LogP contribution in [0.1, 0.15) is 11.3 Å². The number of carboxylic acids is 1. The fraction of sp³-hybridized carbons (Fsp3) is 0.353. The van der Waals surface area contributed by atoms with E-state index < -0.39 is 36.6 Å². The number of aryl methyl sites for hydroxylation is 1. The number of anilines is 1. The largest absolute Gasteiger partial charge is 0.481 e. The number of benzene rings is 1. The Kier molecular flexibility index (Phi) is 4.81. The molecule has 1 aliphatic rings. The molecule has 2 atom stereocenters. The van der Waals surface area contributed by atoms with Crippen LogP contribution in [0.3, 0.4) is 0 Å². The molecule has 2 aromatic rings. The maximum atomic E-state index is 13.7. The summed E-state index contributed by atoms with van der Waals surface area (Å²) in [7, 11) is 1.47. The van der Waals surface area contributed by atoms with Crippen molar-refractivity contribution in [3.8, 4) is 0 Å². The molecule has 10 heteroatoms.